The molecule has 0 saturated heterocycles. The molecule has 0 saturated carbocycles. The number of thiophene rings is 1. The monoisotopic (exact) mass is 465 g/mol. The predicted octanol–water partition coefficient (Wildman–Crippen LogP) is 2.31. The number of pyridine rings is 1. The number of fused-ring (bicyclic) bond motifs is 1. The normalized spacial score (nSPS) is 10.7. The van der Waals surface area contributed by atoms with Crippen molar-refractivity contribution in [2.75, 3.05) is 0 Å². The fourth-order valence-electron chi connectivity index (χ4n) is 3.50. The third-order valence-corrected chi connectivity index (χ3v) is 6.07. The molecule has 31 heavy (non-hydrogen) atoms. The van der Waals surface area contributed by atoms with Crippen molar-refractivity contribution >= 4 is 33.2 Å². The van der Waals surface area contributed by atoms with Crippen LogP contribution in [-0.4, -0.2) is 9.97 Å². The second-order valence-corrected chi connectivity index (χ2v) is 8.27. The molecule has 0 aliphatic heterocycles. The molecule has 0 fully saturated rings. The van der Waals surface area contributed by atoms with Gasteiger partial charge in [-0.2, -0.15) is 4.57 Å². The predicted molar refractivity (Wildman–Crippen MR) is 122 cm³/mol. The summed E-state index contributed by atoms with van der Waals surface area (Å²) in [7, 11) is 0. The van der Waals surface area contributed by atoms with Gasteiger partial charge in [-0.15, -0.1) is 11.3 Å². The molecular formula is C24H17Cl2N3OS. The second-order valence-electron chi connectivity index (χ2n) is 6.98. The lowest BCUT2D eigenvalue weighted by atomic mass is 10.1. The fourth-order valence-corrected chi connectivity index (χ4v) is 4.60. The van der Waals surface area contributed by atoms with Crippen LogP contribution in [-0.2, 0) is 6.54 Å². The number of nitrogens with zero attached hydrogens (tertiary/aromatic N) is 2. The standard InChI is InChI=1S/C24H16ClN3OS.ClH/c25-19-10-8-17(9-11-19)20-15-30-24-22(20)23(29)26-21(27-24)14-28-12-4-7-18(13-28)16-5-2-1-3-6-16;/h1-13,15H,14H2;1H. The van der Waals surface area contributed by atoms with Gasteiger partial charge in [0.05, 0.1) is 5.39 Å². The van der Waals surface area contributed by atoms with Crippen LogP contribution in [0.3, 0.4) is 0 Å². The Morgan fingerprint density at radius 2 is 1.68 bits per heavy atom. The van der Waals surface area contributed by atoms with Crippen LogP contribution < -0.4 is 22.5 Å². The van der Waals surface area contributed by atoms with Gasteiger partial charge < -0.3 is 17.4 Å². The van der Waals surface area contributed by atoms with Crippen molar-refractivity contribution in [1.29, 1.82) is 0 Å². The number of hydrogen-bond donors (Lipinski definition) is 1. The molecule has 0 aliphatic rings. The van der Waals surface area contributed by atoms with Crippen molar-refractivity contribution < 1.29 is 17.0 Å². The average Bonchev–Trinajstić information content (AvgIpc) is 3.20. The quantitative estimate of drug-likeness (QED) is 0.414. The highest BCUT2D eigenvalue weighted by molar-refractivity contribution is 7.17. The minimum absolute atomic E-state index is 0. The Hall–Kier alpha value is -2.99. The smallest absolute Gasteiger partial charge is 0.260 e. The maximum atomic E-state index is 12.9. The van der Waals surface area contributed by atoms with E-state index >= 15 is 0 Å². The van der Waals surface area contributed by atoms with E-state index < -0.39 is 0 Å². The maximum absolute atomic E-state index is 12.9. The lowest BCUT2D eigenvalue weighted by molar-refractivity contribution is -0.688. The molecule has 0 aliphatic carbocycles. The zero-order chi connectivity index (χ0) is 20.5. The summed E-state index contributed by atoms with van der Waals surface area (Å²) >= 11 is 7.47. The number of nitrogens with one attached hydrogen (secondary N) is 1. The van der Waals surface area contributed by atoms with Crippen LogP contribution in [0.25, 0.3) is 32.5 Å². The number of H-pyrrole nitrogens is 1. The number of aromatic amines is 1. The Balaban J connectivity index is 0.00000231. The highest BCUT2D eigenvalue weighted by atomic mass is 35.5. The van der Waals surface area contributed by atoms with Crippen molar-refractivity contribution in [3.8, 4) is 22.3 Å². The molecule has 4 nitrogen and oxygen atoms in total. The molecule has 1 N–H and O–H groups in total. The zero-order valence-corrected chi connectivity index (χ0v) is 18.6. The highest BCUT2D eigenvalue weighted by Crippen LogP contribution is 2.31. The van der Waals surface area contributed by atoms with Gasteiger partial charge in [0.15, 0.2) is 18.2 Å². The summed E-state index contributed by atoms with van der Waals surface area (Å²) in [4.78, 5) is 21.3. The molecule has 0 amide bonds. The highest BCUT2D eigenvalue weighted by Gasteiger charge is 2.15. The number of halogens is 2. The van der Waals surface area contributed by atoms with Gasteiger partial charge in [-0.1, -0.05) is 54.1 Å². The Kier molecular flexibility index (Phi) is 6.18. The summed E-state index contributed by atoms with van der Waals surface area (Å²) in [5.41, 5.74) is 3.97. The molecule has 5 aromatic rings. The minimum Gasteiger partial charge on any atom is -1.00 e. The van der Waals surface area contributed by atoms with E-state index in [1.165, 1.54) is 11.3 Å². The Morgan fingerprint density at radius 3 is 2.45 bits per heavy atom. The number of rotatable bonds is 4. The zero-order valence-electron chi connectivity index (χ0n) is 16.3. The molecule has 0 radical (unpaired) electrons. The van der Waals surface area contributed by atoms with Gasteiger partial charge in [0.25, 0.3) is 5.56 Å². The maximum Gasteiger partial charge on any atom is 0.260 e. The van der Waals surface area contributed by atoms with E-state index in [4.69, 9.17) is 16.6 Å². The third-order valence-electron chi connectivity index (χ3n) is 4.95. The molecule has 0 atom stereocenters. The average molecular weight is 466 g/mol. The molecule has 3 aromatic heterocycles. The van der Waals surface area contributed by atoms with Gasteiger partial charge >= 0.3 is 0 Å². The van der Waals surface area contributed by atoms with Gasteiger partial charge in [0.1, 0.15) is 4.83 Å². The van der Waals surface area contributed by atoms with Crippen molar-refractivity contribution in [2.45, 2.75) is 6.54 Å². The Labute approximate surface area is 194 Å². The SMILES string of the molecule is O=c1[nH]c(C[n+]2cccc(-c3ccccc3)c2)nc2scc(-c3ccc(Cl)cc3)c12.[Cl-]. The van der Waals surface area contributed by atoms with Crippen LogP contribution in [0, 0.1) is 0 Å². The lowest BCUT2D eigenvalue weighted by Gasteiger charge is -2.03. The minimum atomic E-state index is -0.124. The summed E-state index contributed by atoms with van der Waals surface area (Å²) in [6, 6.07) is 21.8. The Bertz CT molecular complexity index is 1400. The van der Waals surface area contributed by atoms with E-state index in [1.54, 1.807) is 0 Å². The molecule has 154 valence electrons. The first-order valence-electron chi connectivity index (χ1n) is 9.48. The molecule has 0 bridgehead atoms. The summed E-state index contributed by atoms with van der Waals surface area (Å²) in [6.07, 6.45) is 4.04. The fraction of sp³-hybridized carbons (Fsp3) is 0.0417. The first-order chi connectivity index (χ1) is 14.7. The van der Waals surface area contributed by atoms with E-state index in [0.717, 1.165) is 27.1 Å². The lowest BCUT2D eigenvalue weighted by Crippen LogP contribution is -3.00. The van der Waals surface area contributed by atoms with E-state index in [1.807, 2.05) is 64.7 Å². The van der Waals surface area contributed by atoms with Gasteiger partial charge in [-0.05, 0) is 29.3 Å². The van der Waals surface area contributed by atoms with Crippen LogP contribution in [0.4, 0.5) is 0 Å². The largest absolute Gasteiger partial charge is 1.00 e. The topological polar surface area (TPSA) is 49.6 Å². The van der Waals surface area contributed by atoms with Gasteiger partial charge in [-0.25, -0.2) is 4.98 Å². The number of hydrogen-bond acceptors (Lipinski definition) is 3. The van der Waals surface area contributed by atoms with Crippen LogP contribution in [0.5, 0.6) is 0 Å². The van der Waals surface area contributed by atoms with Crippen LogP contribution in [0.15, 0.2) is 89.3 Å². The first-order valence-corrected chi connectivity index (χ1v) is 10.7. The second kappa shape index (κ2) is 9.02. The van der Waals surface area contributed by atoms with Crippen molar-refractivity contribution in [1.82, 2.24) is 9.97 Å². The van der Waals surface area contributed by atoms with Crippen molar-refractivity contribution in [3.05, 3.63) is 106 Å². The molecule has 2 aromatic carbocycles. The first kappa shape index (κ1) is 21.2. The van der Waals surface area contributed by atoms with Crippen LogP contribution in [0.2, 0.25) is 5.02 Å². The summed E-state index contributed by atoms with van der Waals surface area (Å²) in [5, 5.41) is 3.26. The van der Waals surface area contributed by atoms with Gasteiger partial charge in [0.2, 0.25) is 6.54 Å². The van der Waals surface area contributed by atoms with Crippen molar-refractivity contribution in [3.63, 3.8) is 0 Å². The molecule has 3 heterocycles. The van der Waals surface area contributed by atoms with Crippen molar-refractivity contribution in [2.24, 2.45) is 0 Å². The van der Waals surface area contributed by atoms with E-state index in [9.17, 15) is 4.79 Å². The summed E-state index contributed by atoms with van der Waals surface area (Å²) < 4.78 is 2.03. The molecule has 0 unspecified atom stereocenters. The number of aromatic nitrogens is 3. The molecule has 5 rings (SSSR count). The van der Waals surface area contributed by atoms with Crippen LogP contribution in [0.1, 0.15) is 5.82 Å². The molecule has 0 spiro atoms. The number of benzene rings is 2. The summed E-state index contributed by atoms with van der Waals surface area (Å²) in [6.45, 7) is 0.486. The third kappa shape index (κ3) is 4.39. The van der Waals surface area contributed by atoms with E-state index in [0.29, 0.717) is 22.8 Å². The van der Waals surface area contributed by atoms with Gasteiger partial charge in [-0.3, -0.25) is 4.79 Å². The molecular weight excluding hydrogens is 449 g/mol. The van der Waals surface area contributed by atoms with E-state index in [-0.39, 0.29) is 18.0 Å². The van der Waals surface area contributed by atoms with E-state index in [2.05, 4.69) is 29.4 Å². The summed E-state index contributed by atoms with van der Waals surface area (Å²) in [5.74, 6) is 0.632. The Morgan fingerprint density at radius 1 is 0.935 bits per heavy atom. The molecule has 7 heteroatoms. The van der Waals surface area contributed by atoms with Crippen LogP contribution >= 0.6 is 22.9 Å². The van der Waals surface area contributed by atoms with Gasteiger partial charge in [0, 0.05) is 27.6 Å².